The van der Waals surface area contributed by atoms with Crippen molar-refractivity contribution in [2.75, 3.05) is 5.88 Å². The molecule has 4 nitrogen and oxygen atoms in total. The van der Waals surface area contributed by atoms with Crippen LogP contribution in [0.15, 0.2) is 41.1 Å². The van der Waals surface area contributed by atoms with E-state index in [1.807, 2.05) is 24.3 Å². The Balaban J connectivity index is 2.17. The molecule has 0 spiro atoms. The fourth-order valence-corrected chi connectivity index (χ4v) is 2.92. The summed E-state index contributed by atoms with van der Waals surface area (Å²) in [6.07, 6.45) is 4.29. The summed E-state index contributed by atoms with van der Waals surface area (Å²) < 4.78 is 3.04. The zero-order valence-corrected chi connectivity index (χ0v) is 13.8. The van der Waals surface area contributed by atoms with Gasteiger partial charge in [0.05, 0.1) is 11.7 Å². The summed E-state index contributed by atoms with van der Waals surface area (Å²) in [6.45, 7) is 2.10. The summed E-state index contributed by atoms with van der Waals surface area (Å²) in [5, 5.41) is 0. The number of halogens is 2. The molecule has 3 aromatic rings. The molecule has 108 valence electrons. The zero-order valence-electron chi connectivity index (χ0n) is 11.5. The number of alkyl halides is 1. The summed E-state index contributed by atoms with van der Waals surface area (Å²) in [5.41, 5.74) is 2.71. The minimum Gasteiger partial charge on any atom is -0.304 e. The first-order valence-electron chi connectivity index (χ1n) is 6.70. The monoisotopic (exact) mass is 364 g/mol. The van der Waals surface area contributed by atoms with Gasteiger partial charge in [0, 0.05) is 29.2 Å². The molecular weight excluding hydrogens is 352 g/mol. The van der Waals surface area contributed by atoms with E-state index in [2.05, 4.69) is 42.4 Å². The van der Waals surface area contributed by atoms with Crippen molar-refractivity contribution in [1.29, 1.82) is 0 Å². The van der Waals surface area contributed by atoms with Gasteiger partial charge in [0.2, 0.25) is 0 Å². The summed E-state index contributed by atoms with van der Waals surface area (Å²) in [4.78, 5) is 13.6. The van der Waals surface area contributed by atoms with Crippen molar-refractivity contribution in [3.63, 3.8) is 0 Å². The fourth-order valence-electron chi connectivity index (χ4n) is 2.43. The Kier molecular flexibility index (Phi) is 4.22. The van der Waals surface area contributed by atoms with Crippen LogP contribution in [0.4, 0.5) is 0 Å². The average molecular weight is 366 g/mol. The Morgan fingerprint density at radius 3 is 2.90 bits per heavy atom. The van der Waals surface area contributed by atoms with Crippen LogP contribution in [-0.2, 0) is 6.42 Å². The van der Waals surface area contributed by atoms with E-state index in [1.54, 1.807) is 12.4 Å². The van der Waals surface area contributed by atoms with E-state index in [0.29, 0.717) is 12.3 Å². The number of aromatic nitrogens is 4. The molecule has 6 heteroatoms. The molecule has 0 saturated carbocycles. The molecule has 0 amide bonds. The van der Waals surface area contributed by atoms with E-state index < -0.39 is 0 Å². The van der Waals surface area contributed by atoms with E-state index in [9.17, 15) is 0 Å². The number of nitrogens with zero attached hydrogens (tertiary/aromatic N) is 4. The molecule has 0 saturated heterocycles. The second-order valence-electron chi connectivity index (χ2n) is 4.76. The highest BCUT2D eigenvalue weighted by atomic mass is 79.9. The summed E-state index contributed by atoms with van der Waals surface area (Å²) in [5.74, 6) is 1.46. The summed E-state index contributed by atoms with van der Waals surface area (Å²) >= 11 is 9.36. The molecule has 0 aliphatic rings. The maximum Gasteiger partial charge on any atom is 0.160 e. The number of pyridine rings is 2. The van der Waals surface area contributed by atoms with Crippen LogP contribution in [0.3, 0.4) is 0 Å². The van der Waals surface area contributed by atoms with Crippen molar-refractivity contribution in [2.24, 2.45) is 0 Å². The molecule has 0 bridgehead atoms. The SMILES string of the molecule is CC(c1ccccn1)n1c(CCCl)nc2cc(Br)cnc21. The maximum atomic E-state index is 5.92. The van der Waals surface area contributed by atoms with Crippen LogP contribution in [0.2, 0.25) is 0 Å². The predicted molar refractivity (Wildman–Crippen MR) is 87.7 cm³/mol. The Labute approximate surface area is 136 Å². The second kappa shape index (κ2) is 6.12. The molecule has 3 aromatic heterocycles. The minimum absolute atomic E-state index is 0.0584. The Bertz CT molecular complexity index is 757. The molecule has 21 heavy (non-hydrogen) atoms. The smallest absolute Gasteiger partial charge is 0.160 e. The van der Waals surface area contributed by atoms with Gasteiger partial charge in [-0.1, -0.05) is 6.07 Å². The quantitative estimate of drug-likeness (QED) is 0.657. The molecule has 0 aromatic carbocycles. The van der Waals surface area contributed by atoms with Crippen molar-refractivity contribution in [1.82, 2.24) is 19.5 Å². The molecule has 0 radical (unpaired) electrons. The Morgan fingerprint density at radius 1 is 1.33 bits per heavy atom. The van der Waals surface area contributed by atoms with Crippen LogP contribution >= 0.6 is 27.5 Å². The molecule has 3 heterocycles. The Morgan fingerprint density at radius 2 is 2.19 bits per heavy atom. The highest BCUT2D eigenvalue weighted by Gasteiger charge is 2.18. The van der Waals surface area contributed by atoms with E-state index in [4.69, 9.17) is 11.6 Å². The van der Waals surface area contributed by atoms with E-state index >= 15 is 0 Å². The van der Waals surface area contributed by atoms with Crippen molar-refractivity contribution in [3.05, 3.63) is 52.7 Å². The van der Waals surface area contributed by atoms with E-state index in [1.165, 1.54) is 0 Å². The van der Waals surface area contributed by atoms with E-state index in [0.717, 1.165) is 27.2 Å². The molecule has 1 atom stereocenters. The number of hydrogen-bond donors (Lipinski definition) is 0. The summed E-state index contributed by atoms with van der Waals surface area (Å²) in [6, 6.07) is 7.95. The topological polar surface area (TPSA) is 43.6 Å². The van der Waals surface area contributed by atoms with Crippen LogP contribution in [-0.4, -0.2) is 25.4 Å². The first kappa shape index (κ1) is 14.5. The van der Waals surface area contributed by atoms with Crippen LogP contribution in [0.5, 0.6) is 0 Å². The van der Waals surface area contributed by atoms with Crippen LogP contribution < -0.4 is 0 Å². The van der Waals surface area contributed by atoms with Gasteiger partial charge in [-0.25, -0.2) is 9.97 Å². The highest BCUT2D eigenvalue weighted by molar-refractivity contribution is 9.10. The summed E-state index contributed by atoms with van der Waals surface area (Å²) in [7, 11) is 0. The van der Waals surface area contributed by atoms with Crippen LogP contribution in [0.25, 0.3) is 11.2 Å². The lowest BCUT2D eigenvalue weighted by Crippen LogP contribution is -2.13. The molecule has 0 aliphatic heterocycles. The average Bonchev–Trinajstić information content (AvgIpc) is 2.85. The lowest BCUT2D eigenvalue weighted by atomic mass is 10.2. The van der Waals surface area contributed by atoms with Gasteiger partial charge in [-0.15, -0.1) is 11.6 Å². The van der Waals surface area contributed by atoms with Gasteiger partial charge in [-0.2, -0.15) is 0 Å². The van der Waals surface area contributed by atoms with Gasteiger partial charge in [0.25, 0.3) is 0 Å². The third kappa shape index (κ3) is 2.80. The number of imidazole rings is 1. The molecule has 3 rings (SSSR count). The number of fused-ring (bicyclic) bond motifs is 1. The molecule has 0 fully saturated rings. The lowest BCUT2D eigenvalue weighted by Gasteiger charge is -2.16. The molecule has 0 N–H and O–H groups in total. The second-order valence-corrected chi connectivity index (χ2v) is 6.06. The maximum absolute atomic E-state index is 5.92. The normalized spacial score (nSPS) is 12.7. The third-order valence-electron chi connectivity index (χ3n) is 3.39. The lowest BCUT2D eigenvalue weighted by molar-refractivity contribution is 0.603. The van der Waals surface area contributed by atoms with Gasteiger partial charge in [-0.3, -0.25) is 4.98 Å². The highest BCUT2D eigenvalue weighted by Crippen LogP contribution is 2.25. The van der Waals surface area contributed by atoms with E-state index in [-0.39, 0.29) is 6.04 Å². The number of hydrogen-bond acceptors (Lipinski definition) is 3. The standard InChI is InChI=1S/C15H14BrClN4/c1-10(12-4-2-3-7-18-12)21-14(5-6-17)20-13-8-11(16)9-19-15(13)21/h2-4,7-10H,5-6H2,1H3. The van der Waals surface area contributed by atoms with Crippen molar-refractivity contribution in [3.8, 4) is 0 Å². The number of aryl methyl sites for hydroxylation is 1. The molecule has 1 unspecified atom stereocenters. The van der Waals surface area contributed by atoms with Gasteiger partial charge >= 0.3 is 0 Å². The van der Waals surface area contributed by atoms with Gasteiger partial charge in [0.15, 0.2) is 5.65 Å². The van der Waals surface area contributed by atoms with Gasteiger partial charge in [0.1, 0.15) is 11.3 Å². The van der Waals surface area contributed by atoms with Crippen LogP contribution in [0, 0.1) is 0 Å². The van der Waals surface area contributed by atoms with Crippen LogP contribution in [0.1, 0.15) is 24.5 Å². The molecular formula is C15H14BrClN4. The first-order chi connectivity index (χ1) is 10.2. The minimum atomic E-state index is 0.0584. The Hall–Kier alpha value is -1.46. The zero-order chi connectivity index (χ0) is 14.8. The van der Waals surface area contributed by atoms with Crippen molar-refractivity contribution >= 4 is 38.7 Å². The van der Waals surface area contributed by atoms with Gasteiger partial charge in [-0.05, 0) is 41.1 Å². The predicted octanol–water partition coefficient (Wildman–Crippen LogP) is 3.98. The first-order valence-corrected chi connectivity index (χ1v) is 8.02. The molecule has 0 aliphatic carbocycles. The van der Waals surface area contributed by atoms with Crippen molar-refractivity contribution < 1.29 is 0 Å². The van der Waals surface area contributed by atoms with Crippen molar-refractivity contribution in [2.45, 2.75) is 19.4 Å². The third-order valence-corrected chi connectivity index (χ3v) is 4.01. The fraction of sp³-hybridized carbons (Fsp3) is 0.267. The van der Waals surface area contributed by atoms with Gasteiger partial charge < -0.3 is 4.57 Å². The number of rotatable bonds is 4. The largest absolute Gasteiger partial charge is 0.304 e.